The first-order chi connectivity index (χ1) is 9.95. The van der Waals surface area contributed by atoms with Crippen LogP contribution >= 0.6 is 15.9 Å². The van der Waals surface area contributed by atoms with Crippen LogP contribution in [0.5, 0.6) is 5.75 Å². The minimum atomic E-state index is -3.48. The lowest BCUT2D eigenvalue weighted by Gasteiger charge is -2.13. The van der Waals surface area contributed by atoms with Crippen molar-refractivity contribution >= 4 is 31.5 Å². The summed E-state index contributed by atoms with van der Waals surface area (Å²) in [6, 6.07) is 12.4. The number of rotatable bonds is 3. The van der Waals surface area contributed by atoms with Gasteiger partial charge in [0.25, 0.3) is 0 Å². The molecule has 0 radical (unpaired) electrons. The summed E-state index contributed by atoms with van der Waals surface area (Å²) in [5.41, 5.74) is 7.11. The van der Waals surface area contributed by atoms with Gasteiger partial charge in [0.15, 0.2) is 9.84 Å². The highest BCUT2D eigenvalue weighted by molar-refractivity contribution is 9.10. The van der Waals surface area contributed by atoms with Crippen LogP contribution in [0.1, 0.15) is 5.56 Å². The van der Waals surface area contributed by atoms with Crippen LogP contribution in [-0.4, -0.2) is 20.3 Å². The summed E-state index contributed by atoms with van der Waals surface area (Å²) in [5.74, 6) is 0.689. The lowest BCUT2D eigenvalue weighted by atomic mass is 10.1. The fourth-order valence-corrected chi connectivity index (χ4v) is 4.41. The molecule has 2 aromatic carbocycles. The molecule has 1 heterocycles. The van der Waals surface area contributed by atoms with Gasteiger partial charge >= 0.3 is 0 Å². The molecule has 2 N–H and O–H groups in total. The smallest absolute Gasteiger partial charge is 0.184 e. The first-order valence-electron chi connectivity index (χ1n) is 6.48. The number of sulfone groups is 1. The molecule has 2 aromatic rings. The van der Waals surface area contributed by atoms with Gasteiger partial charge in [-0.2, -0.15) is 0 Å². The molecule has 21 heavy (non-hydrogen) atoms. The Kier molecular flexibility index (Phi) is 3.67. The fraction of sp³-hybridized carbons (Fsp3) is 0.200. The van der Waals surface area contributed by atoms with Crippen molar-refractivity contribution in [2.75, 3.05) is 11.5 Å². The molecule has 0 saturated carbocycles. The Morgan fingerprint density at radius 2 is 2.00 bits per heavy atom. The maximum atomic E-state index is 12.5. The first-order valence-corrected chi connectivity index (χ1v) is 8.92. The van der Waals surface area contributed by atoms with E-state index in [0.717, 1.165) is 15.8 Å². The van der Waals surface area contributed by atoms with E-state index < -0.39 is 9.84 Å². The van der Waals surface area contributed by atoms with Crippen LogP contribution in [0, 0.1) is 0 Å². The van der Waals surface area contributed by atoms with Crippen LogP contribution < -0.4 is 10.5 Å². The van der Waals surface area contributed by atoms with E-state index in [9.17, 15) is 8.42 Å². The van der Waals surface area contributed by atoms with E-state index in [-0.39, 0.29) is 22.4 Å². The third kappa shape index (κ3) is 2.91. The molecule has 0 aliphatic carbocycles. The molecule has 6 heteroatoms. The zero-order chi connectivity index (χ0) is 15.0. The molecule has 0 aromatic heterocycles. The van der Waals surface area contributed by atoms with Crippen LogP contribution in [0.3, 0.4) is 0 Å². The average Bonchev–Trinajstić information content (AvgIpc) is 2.79. The summed E-state index contributed by atoms with van der Waals surface area (Å²) in [5, 5.41) is 0. The zero-order valence-electron chi connectivity index (χ0n) is 11.1. The molecule has 1 unspecified atom stereocenters. The number of halogens is 1. The summed E-state index contributed by atoms with van der Waals surface area (Å²) in [6.45, 7) is 0. The second kappa shape index (κ2) is 5.35. The minimum absolute atomic E-state index is 0.0759. The SMILES string of the molecule is Nc1cc(Br)ccc1S(=O)(=O)CC1Cc2ccccc2O1. The summed E-state index contributed by atoms with van der Waals surface area (Å²) < 4.78 is 31.4. The van der Waals surface area contributed by atoms with Gasteiger partial charge in [0.05, 0.1) is 16.3 Å². The van der Waals surface area contributed by atoms with Gasteiger partial charge in [-0.1, -0.05) is 34.1 Å². The maximum Gasteiger partial charge on any atom is 0.184 e. The molecular formula is C15H14BrNO3S. The highest BCUT2D eigenvalue weighted by Gasteiger charge is 2.29. The van der Waals surface area contributed by atoms with Crippen molar-refractivity contribution < 1.29 is 13.2 Å². The third-order valence-electron chi connectivity index (χ3n) is 3.43. The van der Waals surface area contributed by atoms with E-state index in [1.54, 1.807) is 12.1 Å². The zero-order valence-corrected chi connectivity index (χ0v) is 13.5. The summed E-state index contributed by atoms with van der Waals surface area (Å²) in [6.07, 6.45) is 0.238. The lowest BCUT2D eigenvalue weighted by Crippen LogP contribution is -2.25. The predicted molar refractivity (Wildman–Crippen MR) is 85.2 cm³/mol. The number of nitrogen functional groups attached to an aromatic ring is 1. The van der Waals surface area contributed by atoms with Gasteiger partial charge in [-0.15, -0.1) is 0 Å². The van der Waals surface area contributed by atoms with Gasteiger partial charge < -0.3 is 10.5 Å². The van der Waals surface area contributed by atoms with Crippen molar-refractivity contribution in [3.05, 3.63) is 52.5 Å². The number of hydrogen-bond acceptors (Lipinski definition) is 4. The second-order valence-electron chi connectivity index (χ2n) is 5.02. The topological polar surface area (TPSA) is 69.4 Å². The van der Waals surface area contributed by atoms with E-state index in [1.165, 1.54) is 6.07 Å². The predicted octanol–water partition coefficient (Wildman–Crippen LogP) is 2.81. The number of para-hydroxylation sites is 1. The first kappa shape index (κ1) is 14.4. The highest BCUT2D eigenvalue weighted by Crippen LogP contribution is 2.31. The van der Waals surface area contributed by atoms with Crippen LogP contribution in [-0.2, 0) is 16.3 Å². The molecule has 4 nitrogen and oxygen atoms in total. The Hall–Kier alpha value is -1.53. The van der Waals surface area contributed by atoms with Crippen LogP contribution in [0.2, 0.25) is 0 Å². The number of fused-ring (bicyclic) bond motifs is 1. The molecule has 0 saturated heterocycles. The van der Waals surface area contributed by atoms with Gasteiger partial charge in [-0.25, -0.2) is 8.42 Å². The Bertz CT molecular complexity index is 764. The Labute approximate surface area is 132 Å². The molecule has 0 spiro atoms. The second-order valence-corrected chi connectivity index (χ2v) is 7.93. The average molecular weight is 368 g/mol. The van der Waals surface area contributed by atoms with Crippen molar-refractivity contribution in [2.45, 2.75) is 17.4 Å². The van der Waals surface area contributed by atoms with E-state index in [4.69, 9.17) is 10.5 Å². The van der Waals surface area contributed by atoms with Gasteiger partial charge in [0, 0.05) is 10.9 Å². The van der Waals surface area contributed by atoms with E-state index >= 15 is 0 Å². The Morgan fingerprint density at radius 1 is 1.24 bits per heavy atom. The molecule has 1 aliphatic heterocycles. The van der Waals surface area contributed by atoms with Crippen molar-refractivity contribution in [3.8, 4) is 5.75 Å². The van der Waals surface area contributed by atoms with E-state index in [1.807, 2.05) is 24.3 Å². The monoisotopic (exact) mass is 367 g/mol. The summed E-state index contributed by atoms with van der Waals surface area (Å²) in [7, 11) is -3.48. The number of nitrogens with two attached hydrogens (primary N) is 1. The number of benzene rings is 2. The van der Waals surface area contributed by atoms with Crippen molar-refractivity contribution in [3.63, 3.8) is 0 Å². The molecule has 1 aliphatic rings. The van der Waals surface area contributed by atoms with Crippen LogP contribution in [0.4, 0.5) is 5.69 Å². The lowest BCUT2D eigenvalue weighted by molar-refractivity contribution is 0.256. The maximum absolute atomic E-state index is 12.5. The molecular weight excluding hydrogens is 354 g/mol. The largest absolute Gasteiger partial charge is 0.489 e. The molecule has 3 rings (SSSR count). The van der Waals surface area contributed by atoms with Gasteiger partial charge in [-0.3, -0.25) is 0 Å². The number of anilines is 1. The normalized spacial score (nSPS) is 17.3. The molecule has 1 atom stereocenters. The Balaban J connectivity index is 1.82. The quantitative estimate of drug-likeness (QED) is 0.846. The Morgan fingerprint density at radius 3 is 2.71 bits per heavy atom. The van der Waals surface area contributed by atoms with Crippen molar-refractivity contribution in [2.24, 2.45) is 0 Å². The van der Waals surface area contributed by atoms with E-state index in [0.29, 0.717) is 6.42 Å². The van der Waals surface area contributed by atoms with Gasteiger partial charge in [-0.05, 0) is 29.8 Å². The number of hydrogen-bond donors (Lipinski definition) is 1. The third-order valence-corrected chi connectivity index (χ3v) is 5.77. The standard InChI is InChI=1S/C15H14BrNO3S/c16-11-5-6-15(13(17)8-11)21(18,19)9-12-7-10-3-1-2-4-14(10)20-12/h1-6,8,12H,7,9,17H2. The summed E-state index contributed by atoms with van der Waals surface area (Å²) >= 11 is 3.27. The molecule has 0 amide bonds. The molecule has 0 bridgehead atoms. The van der Waals surface area contributed by atoms with E-state index in [2.05, 4.69) is 15.9 Å². The van der Waals surface area contributed by atoms with Crippen LogP contribution in [0.25, 0.3) is 0 Å². The molecule has 0 fully saturated rings. The van der Waals surface area contributed by atoms with Gasteiger partial charge in [0.1, 0.15) is 11.9 Å². The highest BCUT2D eigenvalue weighted by atomic mass is 79.9. The summed E-state index contributed by atoms with van der Waals surface area (Å²) in [4.78, 5) is 0.158. The van der Waals surface area contributed by atoms with Gasteiger partial charge in [0.2, 0.25) is 0 Å². The fourth-order valence-electron chi connectivity index (χ4n) is 2.48. The molecule has 110 valence electrons. The van der Waals surface area contributed by atoms with Crippen molar-refractivity contribution in [1.29, 1.82) is 0 Å². The minimum Gasteiger partial charge on any atom is -0.489 e. The van der Waals surface area contributed by atoms with Crippen molar-refractivity contribution in [1.82, 2.24) is 0 Å². The van der Waals surface area contributed by atoms with Crippen LogP contribution in [0.15, 0.2) is 51.8 Å². The number of ether oxygens (including phenoxy) is 1.